The van der Waals surface area contributed by atoms with Gasteiger partial charge in [-0.1, -0.05) is 45.4 Å². The van der Waals surface area contributed by atoms with Crippen molar-refractivity contribution in [2.24, 2.45) is 5.92 Å². The average molecular weight is 315 g/mol. The van der Waals surface area contributed by atoms with E-state index in [4.69, 9.17) is 24.2 Å². The minimum absolute atomic E-state index is 0.0809. The van der Waals surface area contributed by atoms with E-state index in [2.05, 4.69) is 6.92 Å². The summed E-state index contributed by atoms with van der Waals surface area (Å²) >= 11 is 0. The predicted molar refractivity (Wildman–Crippen MR) is 86.3 cm³/mol. The smallest absolute Gasteiger partial charge is 0.285 e. The van der Waals surface area contributed by atoms with Crippen LogP contribution >= 0.6 is 0 Å². The lowest BCUT2D eigenvalue weighted by molar-refractivity contribution is -0.381. The summed E-state index contributed by atoms with van der Waals surface area (Å²) in [6, 6.07) is 1.98. The van der Waals surface area contributed by atoms with Crippen LogP contribution in [0.2, 0.25) is 0 Å². The number of hydrogen-bond acceptors (Lipinski definition) is 5. The third kappa shape index (κ3) is 8.09. The van der Waals surface area contributed by atoms with Gasteiger partial charge >= 0.3 is 0 Å². The Morgan fingerprint density at radius 3 is 2.05 bits per heavy atom. The molecule has 0 aromatic heterocycles. The molecule has 1 atom stereocenters. The molecule has 0 fully saturated rings. The molecule has 0 rings (SSSR count). The topological polar surface area (TPSA) is 60.7 Å². The molecule has 22 heavy (non-hydrogen) atoms. The summed E-state index contributed by atoms with van der Waals surface area (Å²) in [5.41, 5.74) is 0. The van der Waals surface area contributed by atoms with E-state index in [1.165, 1.54) is 32.1 Å². The fourth-order valence-electron chi connectivity index (χ4n) is 2.76. The lowest BCUT2D eigenvalue weighted by atomic mass is 9.94. The first-order chi connectivity index (χ1) is 10.7. The number of methoxy groups -OCH3 is 3. The van der Waals surface area contributed by atoms with Crippen molar-refractivity contribution in [1.82, 2.24) is 0 Å². The largest absolute Gasteiger partial charge is 0.367 e. The van der Waals surface area contributed by atoms with E-state index in [9.17, 15) is 0 Å². The van der Waals surface area contributed by atoms with Gasteiger partial charge < -0.3 is 18.9 Å². The van der Waals surface area contributed by atoms with Gasteiger partial charge in [-0.2, -0.15) is 5.26 Å². The molecule has 0 amide bonds. The zero-order valence-electron chi connectivity index (χ0n) is 14.7. The molecule has 0 saturated carbocycles. The van der Waals surface area contributed by atoms with E-state index < -0.39 is 5.97 Å². The zero-order valence-corrected chi connectivity index (χ0v) is 14.7. The molecule has 5 heteroatoms. The predicted octanol–water partition coefficient (Wildman–Crippen LogP) is 3.88. The van der Waals surface area contributed by atoms with E-state index in [0.29, 0.717) is 6.61 Å². The molecule has 0 aromatic rings. The first-order valence-electron chi connectivity index (χ1n) is 8.30. The number of nitriles is 1. The first kappa shape index (κ1) is 21.3. The number of nitrogens with zero attached hydrogens (tertiary/aromatic N) is 1. The van der Waals surface area contributed by atoms with Crippen molar-refractivity contribution in [3.8, 4) is 6.07 Å². The van der Waals surface area contributed by atoms with Crippen LogP contribution in [-0.4, -0.2) is 40.5 Å². The molecular formula is C17H33NO4. The summed E-state index contributed by atoms with van der Waals surface area (Å²) in [5, 5.41) is 8.52. The molecular weight excluding hydrogens is 282 g/mol. The Hall–Kier alpha value is -0.670. The lowest BCUT2D eigenvalue weighted by Gasteiger charge is -2.36. The fraction of sp³-hybridized carbons (Fsp3) is 0.941. The van der Waals surface area contributed by atoms with Gasteiger partial charge in [0.25, 0.3) is 5.97 Å². The van der Waals surface area contributed by atoms with Gasteiger partial charge in [0.1, 0.15) is 6.61 Å². The SMILES string of the molecule is CCCCCCCCC(CCOCC#N)C(OC)(OC)OC. The molecule has 0 heterocycles. The van der Waals surface area contributed by atoms with Crippen LogP contribution in [0, 0.1) is 17.2 Å². The second-order valence-corrected chi connectivity index (χ2v) is 5.47. The molecule has 0 aliphatic carbocycles. The number of unbranched alkanes of at least 4 members (excludes halogenated alkanes) is 5. The molecule has 0 aliphatic rings. The van der Waals surface area contributed by atoms with Gasteiger partial charge in [-0.05, 0) is 12.8 Å². The van der Waals surface area contributed by atoms with E-state index in [1.54, 1.807) is 21.3 Å². The monoisotopic (exact) mass is 315 g/mol. The van der Waals surface area contributed by atoms with Crippen molar-refractivity contribution in [3.05, 3.63) is 0 Å². The highest BCUT2D eigenvalue weighted by Crippen LogP contribution is 2.31. The van der Waals surface area contributed by atoms with Crippen LogP contribution in [0.1, 0.15) is 58.3 Å². The Morgan fingerprint density at radius 2 is 1.50 bits per heavy atom. The van der Waals surface area contributed by atoms with Gasteiger partial charge in [0.2, 0.25) is 0 Å². The summed E-state index contributed by atoms with van der Waals surface area (Å²) < 4.78 is 21.7. The van der Waals surface area contributed by atoms with Crippen molar-refractivity contribution < 1.29 is 18.9 Å². The maximum atomic E-state index is 8.52. The minimum Gasteiger partial charge on any atom is -0.367 e. The third-order valence-corrected chi connectivity index (χ3v) is 4.04. The van der Waals surface area contributed by atoms with Crippen LogP contribution in [0.25, 0.3) is 0 Å². The molecule has 0 saturated heterocycles. The van der Waals surface area contributed by atoms with Gasteiger partial charge in [-0.15, -0.1) is 0 Å². The molecule has 0 aliphatic heterocycles. The summed E-state index contributed by atoms with van der Waals surface area (Å²) in [6.45, 7) is 2.84. The standard InChI is InChI=1S/C17H33NO4/c1-5-6-7-8-9-10-11-16(12-14-22-15-13-18)17(19-2,20-3)21-4/h16H,5-12,14-15H2,1-4H3. The van der Waals surface area contributed by atoms with Gasteiger partial charge in [0.05, 0.1) is 6.07 Å². The van der Waals surface area contributed by atoms with Crippen LogP contribution in [0.3, 0.4) is 0 Å². The third-order valence-electron chi connectivity index (χ3n) is 4.04. The fourth-order valence-corrected chi connectivity index (χ4v) is 2.76. The van der Waals surface area contributed by atoms with Gasteiger partial charge in [0.15, 0.2) is 0 Å². The summed E-state index contributed by atoms with van der Waals surface area (Å²) in [4.78, 5) is 0. The highest BCUT2D eigenvalue weighted by Gasteiger charge is 2.39. The average Bonchev–Trinajstić information content (AvgIpc) is 2.55. The Labute approximate surface area is 135 Å². The minimum atomic E-state index is -1.03. The van der Waals surface area contributed by atoms with Gasteiger partial charge in [0, 0.05) is 33.9 Å². The van der Waals surface area contributed by atoms with E-state index in [-0.39, 0.29) is 12.5 Å². The molecule has 0 N–H and O–H groups in total. The molecule has 0 spiro atoms. The second-order valence-electron chi connectivity index (χ2n) is 5.47. The Bertz CT molecular complexity index is 279. The maximum absolute atomic E-state index is 8.52. The molecule has 0 bridgehead atoms. The quantitative estimate of drug-likeness (QED) is 0.339. The van der Waals surface area contributed by atoms with E-state index in [1.807, 2.05) is 6.07 Å². The van der Waals surface area contributed by atoms with Crippen molar-refractivity contribution >= 4 is 0 Å². The summed E-state index contributed by atoms with van der Waals surface area (Å²) in [5.74, 6) is -0.947. The van der Waals surface area contributed by atoms with Crippen molar-refractivity contribution in [2.45, 2.75) is 64.3 Å². The highest BCUT2D eigenvalue weighted by atomic mass is 16.9. The number of hydrogen-bond donors (Lipinski definition) is 0. The highest BCUT2D eigenvalue weighted by molar-refractivity contribution is 4.72. The Balaban J connectivity index is 4.35. The van der Waals surface area contributed by atoms with Crippen LogP contribution in [0.5, 0.6) is 0 Å². The summed E-state index contributed by atoms with van der Waals surface area (Å²) in [7, 11) is 4.78. The van der Waals surface area contributed by atoms with Gasteiger partial charge in [-0.25, -0.2) is 0 Å². The van der Waals surface area contributed by atoms with E-state index >= 15 is 0 Å². The lowest BCUT2D eigenvalue weighted by Crippen LogP contribution is -2.44. The number of rotatable bonds is 15. The molecule has 130 valence electrons. The van der Waals surface area contributed by atoms with Crippen LogP contribution in [0.15, 0.2) is 0 Å². The molecule has 0 aromatic carbocycles. The number of ether oxygens (including phenoxy) is 4. The summed E-state index contributed by atoms with van der Waals surface area (Å²) in [6.07, 6.45) is 9.17. The second kappa shape index (κ2) is 14.0. The maximum Gasteiger partial charge on any atom is 0.285 e. The normalized spacial score (nSPS) is 13.0. The van der Waals surface area contributed by atoms with Crippen LogP contribution in [-0.2, 0) is 18.9 Å². The van der Waals surface area contributed by atoms with Crippen molar-refractivity contribution in [2.75, 3.05) is 34.5 Å². The van der Waals surface area contributed by atoms with Crippen LogP contribution in [0.4, 0.5) is 0 Å². The van der Waals surface area contributed by atoms with Crippen molar-refractivity contribution in [1.29, 1.82) is 5.26 Å². The Morgan fingerprint density at radius 1 is 0.909 bits per heavy atom. The van der Waals surface area contributed by atoms with E-state index in [0.717, 1.165) is 19.3 Å². The molecule has 1 unspecified atom stereocenters. The zero-order chi connectivity index (χ0) is 16.7. The first-order valence-corrected chi connectivity index (χ1v) is 8.30. The molecule has 0 radical (unpaired) electrons. The molecule has 5 nitrogen and oxygen atoms in total. The van der Waals surface area contributed by atoms with Gasteiger partial charge in [-0.3, -0.25) is 0 Å². The van der Waals surface area contributed by atoms with Crippen LogP contribution < -0.4 is 0 Å². The Kier molecular flexibility index (Phi) is 13.5. The van der Waals surface area contributed by atoms with Crippen molar-refractivity contribution in [3.63, 3.8) is 0 Å².